The summed E-state index contributed by atoms with van der Waals surface area (Å²) in [5, 5.41) is 13.6. The fraction of sp³-hybridized carbons (Fsp3) is 0.741. The summed E-state index contributed by atoms with van der Waals surface area (Å²) >= 11 is 0. The number of anilines is 1. The molecule has 0 saturated carbocycles. The van der Waals surface area contributed by atoms with Gasteiger partial charge in [-0.3, -0.25) is 20.3 Å². The van der Waals surface area contributed by atoms with E-state index in [9.17, 15) is 14.9 Å². The molecule has 1 aromatic rings. The van der Waals surface area contributed by atoms with Crippen LogP contribution in [0.1, 0.15) is 52.9 Å². The number of amides is 1. The average molecular weight is 552 g/mol. The third-order valence-corrected chi connectivity index (χ3v) is 7.08. The van der Waals surface area contributed by atoms with Crippen molar-refractivity contribution in [3.05, 3.63) is 34.4 Å². The molecule has 3 aliphatic rings. The van der Waals surface area contributed by atoms with E-state index in [4.69, 9.17) is 28.4 Å². The maximum atomic E-state index is 13.0. The largest absolute Gasteiger partial charge is 0.440 e. The smallest absolute Gasteiger partial charge is 0.412 e. The number of benzene rings is 1. The summed E-state index contributed by atoms with van der Waals surface area (Å²) in [5.74, 6) is -2.18. The number of hydrogen-bond acceptors (Lipinski definition) is 10. The van der Waals surface area contributed by atoms with E-state index in [-0.39, 0.29) is 12.3 Å². The number of nitro groups is 1. The minimum absolute atomic E-state index is 0.0717. The molecular weight excluding hydrogens is 510 g/mol. The number of ether oxygens (including phenoxy) is 6. The number of hydrogen-bond donors (Lipinski definition) is 1. The number of non-ortho nitro benzene ring substituents is 1. The molecule has 12 heteroatoms. The Morgan fingerprint density at radius 3 is 2.54 bits per heavy atom. The van der Waals surface area contributed by atoms with Gasteiger partial charge in [-0.2, -0.15) is 0 Å². The number of nitro benzene ring substituents is 1. The second-order valence-electron chi connectivity index (χ2n) is 10.7. The molecule has 0 unspecified atom stereocenters. The molecule has 12 nitrogen and oxygen atoms in total. The number of unbranched alkanes of at least 4 members (excludes halogenated alkanes) is 4. The molecule has 218 valence electrons. The predicted molar refractivity (Wildman–Crippen MR) is 141 cm³/mol. The first-order chi connectivity index (χ1) is 18.7. The van der Waals surface area contributed by atoms with Crippen LogP contribution in [-0.4, -0.2) is 91.9 Å². The van der Waals surface area contributed by atoms with Crippen molar-refractivity contribution in [2.75, 3.05) is 51.4 Å². The second-order valence-corrected chi connectivity index (χ2v) is 10.7. The first-order valence-corrected chi connectivity index (χ1v) is 13.9. The van der Waals surface area contributed by atoms with E-state index in [1.165, 1.54) is 43.5 Å². The van der Waals surface area contributed by atoms with Crippen molar-refractivity contribution in [3.8, 4) is 0 Å². The molecule has 1 amide bonds. The minimum Gasteiger partial charge on any atom is -0.440 e. The lowest BCUT2D eigenvalue weighted by molar-refractivity contribution is -0.384. The highest BCUT2D eigenvalue weighted by Crippen LogP contribution is 2.47. The Morgan fingerprint density at radius 1 is 1.13 bits per heavy atom. The van der Waals surface area contributed by atoms with Gasteiger partial charge >= 0.3 is 6.09 Å². The van der Waals surface area contributed by atoms with Gasteiger partial charge in [-0.05, 0) is 32.4 Å². The summed E-state index contributed by atoms with van der Waals surface area (Å²) in [7, 11) is 0. The summed E-state index contributed by atoms with van der Waals surface area (Å²) in [6.07, 6.45) is 2.89. The lowest BCUT2D eigenvalue weighted by atomic mass is 10.0. The topological polar surface area (TPSA) is 131 Å². The van der Waals surface area contributed by atoms with Gasteiger partial charge in [-0.1, -0.05) is 32.6 Å². The molecule has 3 heterocycles. The van der Waals surface area contributed by atoms with E-state index >= 15 is 0 Å². The van der Waals surface area contributed by atoms with Crippen molar-refractivity contribution in [2.24, 2.45) is 0 Å². The van der Waals surface area contributed by atoms with Gasteiger partial charge in [-0.15, -0.1) is 0 Å². The summed E-state index contributed by atoms with van der Waals surface area (Å²) in [6.45, 7) is 9.72. The number of carbonyl (C=O) groups is 1. The highest BCUT2D eigenvalue weighted by Gasteiger charge is 2.66. The summed E-state index contributed by atoms with van der Waals surface area (Å²) in [4.78, 5) is 25.6. The average Bonchev–Trinajstić information content (AvgIpc) is 3.30. The van der Waals surface area contributed by atoms with Gasteiger partial charge in [0, 0.05) is 44.1 Å². The van der Waals surface area contributed by atoms with E-state index < -0.39 is 40.9 Å². The fourth-order valence-electron chi connectivity index (χ4n) is 5.24. The van der Waals surface area contributed by atoms with Crippen LogP contribution in [0.5, 0.6) is 0 Å². The van der Waals surface area contributed by atoms with Crippen molar-refractivity contribution in [2.45, 2.75) is 82.8 Å². The Labute approximate surface area is 229 Å². The van der Waals surface area contributed by atoms with Crippen LogP contribution in [0.2, 0.25) is 0 Å². The van der Waals surface area contributed by atoms with Crippen molar-refractivity contribution < 1.29 is 38.1 Å². The first kappa shape index (κ1) is 29.6. The standard InChI is InChI=1S/C27H41N3O9/c1-4-5-6-7-8-15-35-19-27-24(38-26(2,3)39-27)23(22(37-27)18-29-13-16-34-17-14-29)36-25(31)28-20-9-11-21(12-10-20)30(32)33/h9-12,22-24H,4-8,13-19H2,1-3H3,(H,28,31)/t22-,23+,24-,27-/m0/s1. The van der Waals surface area contributed by atoms with Gasteiger partial charge in [0.15, 0.2) is 18.0 Å². The van der Waals surface area contributed by atoms with E-state index in [0.29, 0.717) is 32.1 Å². The van der Waals surface area contributed by atoms with Crippen LogP contribution < -0.4 is 5.32 Å². The molecule has 3 aliphatic heterocycles. The second kappa shape index (κ2) is 13.3. The lowest BCUT2D eigenvalue weighted by Gasteiger charge is -2.33. The summed E-state index contributed by atoms with van der Waals surface area (Å²) < 4.78 is 36.5. The van der Waals surface area contributed by atoms with Crippen LogP contribution in [0.3, 0.4) is 0 Å². The molecule has 3 saturated heterocycles. The number of morpholine rings is 1. The minimum atomic E-state index is -1.22. The molecule has 0 spiro atoms. The summed E-state index contributed by atoms with van der Waals surface area (Å²) in [5.41, 5.74) is 0.299. The number of carbonyl (C=O) groups excluding carboxylic acids is 1. The van der Waals surface area contributed by atoms with Crippen LogP contribution in [0.4, 0.5) is 16.2 Å². The van der Waals surface area contributed by atoms with Crippen molar-refractivity contribution in [1.29, 1.82) is 0 Å². The van der Waals surface area contributed by atoms with Crippen molar-refractivity contribution in [3.63, 3.8) is 0 Å². The third-order valence-electron chi connectivity index (χ3n) is 7.08. The highest BCUT2D eigenvalue weighted by atomic mass is 16.9. The van der Waals surface area contributed by atoms with Crippen LogP contribution in [0.25, 0.3) is 0 Å². The number of nitrogens with zero attached hydrogens (tertiary/aromatic N) is 2. The first-order valence-electron chi connectivity index (χ1n) is 13.9. The van der Waals surface area contributed by atoms with Crippen LogP contribution in [-0.2, 0) is 28.4 Å². The molecule has 1 aromatic carbocycles. The van der Waals surface area contributed by atoms with Crippen molar-refractivity contribution >= 4 is 17.5 Å². The van der Waals surface area contributed by atoms with E-state index in [0.717, 1.165) is 25.9 Å². The predicted octanol–water partition coefficient (Wildman–Crippen LogP) is 4.08. The van der Waals surface area contributed by atoms with Crippen LogP contribution in [0.15, 0.2) is 24.3 Å². The lowest BCUT2D eigenvalue weighted by Crippen LogP contribution is -2.47. The fourth-order valence-corrected chi connectivity index (χ4v) is 5.24. The van der Waals surface area contributed by atoms with E-state index in [2.05, 4.69) is 17.1 Å². The number of nitrogens with one attached hydrogen (secondary N) is 1. The van der Waals surface area contributed by atoms with Gasteiger partial charge in [-0.25, -0.2) is 4.79 Å². The molecule has 0 aliphatic carbocycles. The Hall–Kier alpha value is -2.35. The van der Waals surface area contributed by atoms with Gasteiger partial charge in [0.05, 0.1) is 18.1 Å². The van der Waals surface area contributed by atoms with Crippen LogP contribution >= 0.6 is 0 Å². The van der Waals surface area contributed by atoms with E-state index in [1.807, 2.05) is 0 Å². The van der Waals surface area contributed by atoms with Crippen LogP contribution in [0, 0.1) is 10.1 Å². The van der Waals surface area contributed by atoms with Gasteiger partial charge in [0.1, 0.15) is 12.7 Å². The molecule has 3 fully saturated rings. The normalized spacial score (nSPS) is 28.2. The molecule has 4 rings (SSSR count). The Bertz CT molecular complexity index is 954. The zero-order valence-corrected chi connectivity index (χ0v) is 23.1. The molecule has 0 bridgehead atoms. The summed E-state index contributed by atoms with van der Waals surface area (Å²) in [6, 6.07) is 5.53. The molecule has 39 heavy (non-hydrogen) atoms. The quantitative estimate of drug-likeness (QED) is 0.217. The molecule has 4 atom stereocenters. The van der Waals surface area contributed by atoms with E-state index in [1.54, 1.807) is 13.8 Å². The maximum Gasteiger partial charge on any atom is 0.412 e. The Morgan fingerprint density at radius 2 is 1.85 bits per heavy atom. The van der Waals surface area contributed by atoms with Gasteiger partial charge < -0.3 is 28.4 Å². The van der Waals surface area contributed by atoms with Gasteiger partial charge in [0.2, 0.25) is 5.79 Å². The maximum absolute atomic E-state index is 13.0. The zero-order valence-electron chi connectivity index (χ0n) is 23.1. The molecule has 0 aromatic heterocycles. The Balaban J connectivity index is 1.45. The SMILES string of the molecule is CCCCCCCOC[C@@]12O[C@@H](CN3CCOCC3)[C@@H](OC(=O)Nc3ccc([N+](=O)[O-])cc3)[C@@H]1OC(C)(C)O2. The van der Waals surface area contributed by atoms with Gasteiger partial charge in [0.25, 0.3) is 5.69 Å². The zero-order chi connectivity index (χ0) is 27.9. The highest BCUT2D eigenvalue weighted by molar-refractivity contribution is 5.84. The molecule has 0 radical (unpaired) electrons. The molecular formula is C27H41N3O9. The number of rotatable bonds is 13. The Kier molecular flexibility index (Phi) is 10.1. The third kappa shape index (κ3) is 7.86. The number of fused-ring (bicyclic) bond motifs is 1. The van der Waals surface area contributed by atoms with Crippen molar-refractivity contribution in [1.82, 2.24) is 4.90 Å². The monoisotopic (exact) mass is 551 g/mol. The molecule has 1 N–H and O–H groups in total.